The van der Waals surface area contributed by atoms with Gasteiger partial charge in [-0.05, 0) is 37.1 Å². The number of thioether (sulfide) groups is 1. The second-order valence-electron chi connectivity index (χ2n) is 5.31. The molecule has 4 heteroatoms. The van der Waals surface area contributed by atoms with Crippen LogP contribution in [0.5, 0.6) is 0 Å². The SMILES string of the molecule is CC(C)NCc1cc(F)ccc1SC1CCOC1C. The Kier molecular flexibility index (Phi) is 5.25. The van der Waals surface area contributed by atoms with Crippen LogP contribution in [0.2, 0.25) is 0 Å². The molecule has 19 heavy (non-hydrogen) atoms. The molecule has 1 saturated heterocycles. The monoisotopic (exact) mass is 283 g/mol. The number of nitrogens with one attached hydrogen (secondary N) is 1. The van der Waals surface area contributed by atoms with Crippen LogP contribution in [-0.2, 0) is 11.3 Å². The molecule has 2 rings (SSSR count). The van der Waals surface area contributed by atoms with Crippen LogP contribution in [0.4, 0.5) is 4.39 Å². The second kappa shape index (κ2) is 6.73. The molecule has 0 bridgehead atoms. The minimum atomic E-state index is -0.166. The number of benzene rings is 1. The van der Waals surface area contributed by atoms with Gasteiger partial charge in [-0.25, -0.2) is 4.39 Å². The van der Waals surface area contributed by atoms with E-state index in [2.05, 4.69) is 26.1 Å². The van der Waals surface area contributed by atoms with Crippen molar-refractivity contribution in [3.63, 3.8) is 0 Å². The Morgan fingerprint density at radius 3 is 2.89 bits per heavy atom. The van der Waals surface area contributed by atoms with Gasteiger partial charge >= 0.3 is 0 Å². The molecule has 2 nitrogen and oxygen atoms in total. The number of rotatable bonds is 5. The maximum atomic E-state index is 13.4. The molecule has 1 aromatic carbocycles. The first-order valence-electron chi connectivity index (χ1n) is 6.86. The molecule has 1 fully saturated rings. The van der Waals surface area contributed by atoms with E-state index in [1.807, 2.05) is 17.8 Å². The molecule has 0 aromatic heterocycles. The molecule has 1 N–H and O–H groups in total. The van der Waals surface area contributed by atoms with Gasteiger partial charge in [0.05, 0.1) is 6.10 Å². The van der Waals surface area contributed by atoms with Gasteiger partial charge in [0.1, 0.15) is 5.82 Å². The van der Waals surface area contributed by atoms with Gasteiger partial charge in [0.2, 0.25) is 0 Å². The van der Waals surface area contributed by atoms with Gasteiger partial charge in [0, 0.05) is 29.3 Å². The summed E-state index contributed by atoms with van der Waals surface area (Å²) in [6.07, 6.45) is 1.35. The molecule has 1 aliphatic heterocycles. The number of halogens is 1. The first kappa shape index (κ1) is 14.8. The van der Waals surface area contributed by atoms with Gasteiger partial charge in [-0.15, -0.1) is 11.8 Å². The number of hydrogen-bond acceptors (Lipinski definition) is 3. The van der Waals surface area contributed by atoms with Crippen molar-refractivity contribution >= 4 is 11.8 Å². The quantitative estimate of drug-likeness (QED) is 0.892. The van der Waals surface area contributed by atoms with Crippen LogP contribution in [0.25, 0.3) is 0 Å². The van der Waals surface area contributed by atoms with E-state index in [0.29, 0.717) is 17.8 Å². The highest BCUT2D eigenvalue weighted by Crippen LogP contribution is 2.34. The highest BCUT2D eigenvalue weighted by Gasteiger charge is 2.25. The van der Waals surface area contributed by atoms with E-state index < -0.39 is 0 Å². The molecule has 2 unspecified atom stereocenters. The number of hydrogen-bond donors (Lipinski definition) is 1. The largest absolute Gasteiger partial charge is 0.377 e. The third-order valence-corrected chi connectivity index (χ3v) is 4.88. The Labute approximate surface area is 119 Å². The highest BCUT2D eigenvalue weighted by atomic mass is 32.2. The van der Waals surface area contributed by atoms with E-state index in [0.717, 1.165) is 23.5 Å². The standard InChI is InChI=1S/C15H22FNOS/c1-10(2)17-9-12-8-13(16)4-5-15(12)19-14-6-7-18-11(14)3/h4-5,8,10-11,14,17H,6-7,9H2,1-3H3. The van der Waals surface area contributed by atoms with E-state index in [-0.39, 0.29) is 11.9 Å². The van der Waals surface area contributed by atoms with Crippen molar-refractivity contribution in [2.75, 3.05) is 6.61 Å². The summed E-state index contributed by atoms with van der Waals surface area (Å²) in [6.45, 7) is 7.84. The van der Waals surface area contributed by atoms with Crippen molar-refractivity contribution in [3.05, 3.63) is 29.6 Å². The van der Waals surface area contributed by atoms with Gasteiger partial charge in [0.15, 0.2) is 0 Å². The molecule has 0 amide bonds. The third kappa shape index (κ3) is 4.20. The highest BCUT2D eigenvalue weighted by molar-refractivity contribution is 8.00. The third-order valence-electron chi connectivity index (χ3n) is 3.31. The second-order valence-corrected chi connectivity index (χ2v) is 6.59. The summed E-state index contributed by atoms with van der Waals surface area (Å²) in [6, 6.07) is 5.47. The predicted molar refractivity (Wildman–Crippen MR) is 78.1 cm³/mol. The van der Waals surface area contributed by atoms with Gasteiger partial charge < -0.3 is 10.1 Å². The van der Waals surface area contributed by atoms with Crippen LogP contribution in [0, 0.1) is 5.82 Å². The lowest BCUT2D eigenvalue weighted by atomic mass is 10.2. The lowest BCUT2D eigenvalue weighted by molar-refractivity contribution is 0.127. The summed E-state index contributed by atoms with van der Waals surface area (Å²) in [4.78, 5) is 1.16. The van der Waals surface area contributed by atoms with Crippen molar-refractivity contribution in [1.29, 1.82) is 0 Å². The van der Waals surface area contributed by atoms with Crippen molar-refractivity contribution < 1.29 is 9.13 Å². The Hall–Kier alpha value is -0.580. The van der Waals surface area contributed by atoms with Gasteiger partial charge in [-0.3, -0.25) is 0 Å². The summed E-state index contributed by atoms with van der Waals surface area (Å²) in [7, 11) is 0. The average Bonchev–Trinajstić information content (AvgIpc) is 2.75. The van der Waals surface area contributed by atoms with Crippen LogP contribution in [-0.4, -0.2) is 24.0 Å². The Bertz CT molecular complexity index is 425. The summed E-state index contributed by atoms with van der Waals surface area (Å²) in [5, 5.41) is 3.83. The molecule has 1 heterocycles. The van der Waals surface area contributed by atoms with Crippen molar-refractivity contribution in [1.82, 2.24) is 5.32 Å². The minimum absolute atomic E-state index is 0.166. The zero-order valence-corrected chi connectivity index (χ0v) is 12.6. The lowest BCUT2D eigenvalue weighted by Gasteiger charge is -2.17. The van der Waals surface area contributed by atoms with Crippen LogP contribution in [0.3, 0.4) is 0 Å². The summed E-state index contributed by atoms with van der Waals surface area (Å²) < 4.78 is 19.0. The van der Waals surface area contributed by atoms with Crippen LogP contribution in [0.1, 0.15) is 32.8 Å². The first-order valence-corrected chi connectivity index (χ1v) is 7.74. The Morgan fingerprint density at radius 1 is 1.47 bits per heavy atom. The molecular formula is C15H22FNOS. The fourth-order valence-corrected chi connectivity index (χ4v) is 3.38. The molecule has 0 saturated carbocycles. The fraction of sp³-hybridized carbons (Fsp3) is 0.600. The van der Waals surface area contributed by atoms with E-state index in [4.69, 9.17) is 4.74 Å². The Balaban J connectivity index is 2.09. The Morgan fingerprint density at radius 2 is 2.26 bits per heavy atom. The van der Waals surface area contributed by atoms with Gasteiger partial charge in [-0.1, -0.05) is 13.8 Å². The molecule has 0 radical (unpaired) electrons. The van der Waals surface area contributed by atoms with Crippen LogP contribution in [0.15, 0.2) is 23.1 Å². The zero-order valence-electron chi connectivity index (χ0n) is 11.8. The minimum Gasteiger partial charge on any atom is -0.377 e. The van der Waals surface area contributed by atoms with Gasteiger partial charge in [-0.2, -0.15) is 0 Å². The maximum Gasteiger partial charge on any atom is 0.123 e. The topological polar surface area (TPSA) is 21.3 Å². The smallest absolute Gasteiger partial charge is 0.123 e. The first-order chi connectivity index (χ1) is 9.06. The zero-order chi connectivity index (χ0) is 13.8. The molecule has 106 valence electrons. The van der Waals surface area contributed by atoms with Crippen LogP contribution < -0.4 is 5.32 Å². The summed E-state index contributed by atoms with van der Waals surface area (Å²) in [5.74, 6) is -0.166. The van der Waals surface area contributed by atoms with E-state index in [1.54, 1.807) is 12.1 Å². The summed E-state index contributed by atoms with van der Waals surface area (Å²) >= 11 is 1.81. The van der Waals surface area contributed by atoms with E-state index in [1.165, 1.54) is 0 Å². The van der Waals surface area contributed by atoms with Crippen molar-refractivity contribution in [2.45, 2.75) is 56.0 Å². The molecule has 0 spiro atoms. The average molecular weight is 283 g/mol. The van der Waals surface area contributed by atoms with Gasteiger partial charge in [0.25, 0.3) is 0 Å². The molecule has 0 aliphatic carbocycles. The molecular weight excluding hydrogens is 261 g/mol. The lowest BCUT2D eigenvalue weighted by Crippen LogP contribution is -2.22. The molecule has 1 aliphatic rings. The molecule has 1 aromatic rings. The fourth-order valence-electron chi connectivity index (χ4n) is 2.15. The van der Waals surface area contributed by atoms with Crippen molar-refractivity contribution in [3.8, 4) is 0 Å². The maximum absolute atomic E-state index is 13.4. The van der Waals surface area contributed by atoms with Crippen molar-refractivity contribution in [2.24, 2.45) is 0 Å². The van der Waals surface area contributed by atoms with Crippen LogP contribution >= 0.6 is 11.8 Å². The summed E-state index contributed by atoms with van der Waals surface area (Å²) in [5.41, 5.74) is 1.04. The normalized spacial score (nSPS) is 23.2. The number of ether oxygens (including phenoxy) is 1. The predicted octanol–water partition coefficient (Wildman–Crippen LogP) is 3.59. The molecule has 2 atom stereocenters. The van der Waals surface area contributed by atoms with E-state index >= 15 is 0 Å². The van der Waals surface area contributed by atoms with E-state index in [9.17, 15) is 4.39 Å².